The molecule has 1 fully saturated rings. The van der Waals surface area contributed by atoms with Crippen LogP contribution < -0.4 is 9.64 Å². The third-order valence-electron chi connectivity index (χ3n) is 5.12. The molecular weight excluding hydrogens is 345 g/mol. The highest BCUT2D eigenvalue weighted by molar-refractivity contribution is 6.10. The lowest BCUT2D eigenvalue weighted by atomic mass is 10.1. The number of piperazine rings is 1. The Morgan fingerprint density at radius 1 is 1.11 bits per heavy atom. The molecule has 0 atom stereocenters. The highest BCUT2D eigenvalue weighted by Crippen LogP contribution is 2.29. The molecule has 0 amide bonds. The van der Waals surface area contributed by atoms with Crippen molar-refractivity contribution in [3.8, 4) is 5.75 Å². The first-order valence-corrected chi connectivity index (χ1v) is 9.06. The largest absolute Gasteiger partial charge is 0.496 e. The zero-order valence-corrected chi connectivity index (χ0v) is 15.2. The average Bonchev–Trinajstić information content (AvgIpc) is 3.14. The van der Waals surface area contributed by atoms with Gasteiger partial charge in [-0.3, -0.25) is 9.69 Å². The fourth-order valence-electron chi connectivity index (χ4n) is 3.65. The lowest BCUT2D eigenvalue weighted by Crippen LogP contribution is -2.48. The molecular formula is C21H22FN3O2. The van der Waals surface area contributed by atoms with Gasteiger partial charge in [-0.1, -0.05) is 6.07 Å². The summed E-state index contributed by atoms with van der Waals surface area (Å²) in [6, 6.07) is 12.3. The molecule has 3 aromatic rings. The molecule has 1 aliphatic heterocycles. The number of ketones is 1. The molecule has 0 radical (unpaired) electrons. The molecule has 0 unspecified atom stereocenters. The van der Waals surface area contributed by atoms with E-state index in [9.17, 15) is 9.18 Å². The summed E-state index contributed by atoms with van der Waals surface area (Å²) >= 11 is 0. The maximum Gasteiger partial charge on any atom is 0.179 e. The molecule has 0 bridgehead atoms. The van der Waals surface area contributed by atoms with Gasteiger partial charge in [-0.05, 0) is 36.4 Å². The minimum Gasteiger partial charge on any atom is -0.496 e. The smallest absolute Gasteiger partial charge is 0.179 e. The molecule has 140 valence electrons. The number of Topliss-reactive ketones (excluding diaryl/α,β-unsaturated/α-hetero) is 1. The standard InChI is InChI=1S/C21H22FN3O2/c1-27-20-4-2-3-18-21(20)17(13-23-18)19(26)14-24-9-11-25(12-10-24)16-7-5-15(22)6-8-16/h2-8,13,23H,9-12,14H2,1H3. The van der Waals surface area contributed by atoms with E-state index >= 15 is 0 Å². The van der Waals surface area contributed by atoms with Crippen molar-refractivity contribution in [1.29, 1.82) is 0 Å². The maximum atomic E-state index is 13.1. The number of aromatic amines is 1. The zero-order chi connectivity index (χ0) is 18.8. The van der Waals surface area contributed by atoms with Crippen LogP contribution in [0.1, 0.15) is 10.4 Å². The predicted octanol–water partition coefficient (Wildman–Crippen LogP) is 3.32. The van der Waals surface area contributed by atoms with Crippen LogP contribution in [0.15, 0.2) is 48.7 Å². The van der Waals surface area contributed by atoms with Gasteiger partial charge in [-0.25, -0.2) is 4.39 Å². The lowest BCUT2D eigenvalue weighted by Gasteiger charge is -2.35. The summed E-state index contributed by atoms with van der Waals surface area (Å²) in [5.41, 5.74) is 2.59. The number of nitrogens with zero attached hydrogens (tertiary/aromatic N) is 2. The number of carbonyl (C=O) groups is 1. The van der Waals surface area contributed by atoms with Gasteiger partial charge in [0, 0.05) is 49.1 Å². The third kappa shape index (κ3) is 3.53. The van der Waals surface area contributed by atoms with Gasteiger partial charge in [0.25, 0.3) is 0 Å². The third-order valence-corrected chi connectivity index (χ3v) is 5.12. The molecule has 1 aromatic heterocycles. The Bertz CT molecular complexity index is 944. The number of rotatable bonds is 5. The first kappa shape index (κ1) is 17.5. The molecule has 1 saturated heterocycles. The monoisotopic (exact) mass is 367 g/mol. The summed E-state index contributed by atoms with van der Waals surface area (Å²) in [5.74, 6) is 0.566. The van der Waals surface area contributed by atoms with Gasteiger partial charge in [-0.15, -0.1) is 0 Å². The molecule has 0 aliphatic carbocycles. The van der Waals surface area contributed by atoms with Crippen molar-refractivity contribution in [3.63, 3.8) is 0 Å². The molecule has 6 heteroatoms. The minimum atomic E-state index is -0.225. The number of halogens is 1. The first-order valence-electron chi connectivity index (χ1n) is 9.06. The van der Waals surface area contributed by atoms with E-state index in [-0.39, 0.29) is 11.6 Å². The van der Waals surface area contributed by atoms with Gasteiger partial charge in [-0.2, -0.15) is 0 Å². The highest BCUT2D eigenvalue weighted by atomic mass is 19.1. The van der Waals surface area contributed by atoms with Crippen LogP contribution in [-0.2, 0) is 0 Å². The summed E-state index contributed by atoms with van der Waals surface area (Å²) in [6.45, 7) is 3.60. The Kier molecular flexibility index (Phi) is 4.81. The molecule has 2 aromatic carbocycles. The van der Waals surface area contributed by atoms with E-state index < -0.39 is 0 Å². The van der Waals surface area contributed by atoms with Crippen LogP contribution in [0.25, 0.3) is 10.9 Å². The van der Waals surface area contributed by atoms with Crippen LogP contribution >= 0.6 is 0 Å². The van der Waals surface area contributed by atoms with Crippen LogP contribution in [-0.4, -0.2) is 55.5 Å². The van der Waals surface area contributed by atoms with Gasteiger partial charge in [0.1, 0.15) is 11.6 Å². The second-order valence-electron chi connectivity index (χ2n) is 6.75. The van der Waals surface area contributed by atoms with Gasteiger partial charge in [0.15, 0.2) is 5.78 Å². The van der Waals surface area contributed by atoms with Gasteiger partial charge in [0.05, 0.1) is 19.0 Å². The first-order chi connectivity index (χ1) is 13.2. The number of benzene rings is 2. The van der Waals surface area contributed by atoms with Crippen LogP contribution in [0.3, 0.4) is 0 Å². The van der Waals surface area contributed by atoms with Crippen LogP contribution in [0, 0.1) is 5.82 Å². The van der Waals surface area contributed by atoms with Crippen molar-refractivity contribution in [3.05, 3.63) is 60.0 Å². The fourth-order valence-corrected chi connectivity index (χ4v) is 3.65. The maximum absolute atomic E-state index is 13.1. The van der Waals surface area contributed by atoms with Crippen molar-refractivity contribution < 1.29 is 13.9 Å². The van der Waals surface area contributed by atoms with E-state index in [2.05, 4.69) is 14.8 Å². The Morgan fingerprint density at radius 2 is 1.85 bits per heavy atom. The van der Waals surface area contributed by atoms with E-state index in [0.717, 1.165) is 42.8 Å². The van der Waals surface area contributed by atoms with E-state index in [4.69, 9.17) is 4.74 Å². The zero-order valence-electron chi connectivity index (χ0n) is 15.2. The van der Waals surface area contributed by atoms with Gasteiger partial charge >= 0.3 is 0 Å². The number of methoxy groups -OCH3 is 1. The van der Waals surface area contributed by atoms with E-state index in [1.165, 1.54) is 12.1 Å². The second-order valence-corrected chi connectivity index (χ2v) is 6.75. The Hall–Kier alpha value is -2.86. The molecule has 1 N–H and O–H groups in total. The SMILES string of the molecule is COc1cccc2[nH]cc(C(=O)CN3CCN(c4ccc(F)cc4)CC3)c12. The summed E-state index contributed by atoms with van der Waals surface area (Å²) < 4.78 is 18.5. The van der Waals surface area contributed by atoms with Crippen molar-refractivity contribution in [2.75, 3.05) is 44.7 Å². The highest BCUT2D eigenvalue weighted by Gasteiger charge is 2.22. The number of nitrogens with one attached hydrogen (secondary N) is 1. The molecule has 0 spiro atoms. The van der Waals surface area contributed by atoms with E-state index in [1.54, 1.807) is 25.4 Å². The number of fused-ring (bicyclic) bond motifs is 1. The number of hydrogen-bond acceptors (Lipinski definition) is 4. The predicted molar refractivity (Wildman–Crippen MR) is 104 cm³/mol. The normalized spacial score (nSPS) is 15.3. The summed E-state index contributed by atoms with van der Waals surface area (Å²) in [4.78, 5) is 20.4. The Labute approximate surface area is 157 Å². The molecule has 0 saturated carbocycles. The number of H-pyrrole nitrogens is 1. The molecule has 27 heavy (non-hydrogen) atoms. The van der Waals surface area contributed by atoms with Crippen LogP contribution in [0.4, 0.5) is 10.1 Å². The number of ether oxygens (including phenoxy) is 1. The Morgan fingerprint density at radius 3 is 2.56 bits per heavy atom. The number of carbonyl (C=O) groups excluding carboxylic acids is 1. The lowest BCUT2D eigenvalue weighted by molar-refractivity contribution is 0.0928. The Balaban J connectivity index is 1.42. The summed E-state index contributed by atoms with van der Waals surface area (Å²) in [5, 5.41) is 0.843. The molecule has 2 heterocycles. The number of aromatic nitrogens is 1. The quantitative estimate of drug-likeness (QED) is 0.703. The van der Waals surface area contributed by atoms with Crippen molar-refractivity contribution >= 4 is 22.4 Å². The van der Waals surface area contributed by atoms with Crippen LogP contribution in [0.5, 0.6) is 5.75 Å². The van der Waals surface area contributed by atoms with Gasteiger partial charge in [0.2, 0.25) is 0 Å². The second kappa shape index (κ2) is 7.40. The van der Waals surface area contributed by atoms with Crippen molar-refractivity contribution in [2.45, 2.75) is 0 Å². The van der Waals surface area contributed by atoms with Crippen molar-refractivity contribution in [1.82, 2.24) is 9.88 Å². The van der Waals surface area contributed by atoms with Gasteiger partial charge < -0.3 is 14.6 Å². The summed E-state index contributed by atoms with van der Waals surface area (Å²) in [6.07, 6.45) is 1.77. The van der Waals surface area contributed by atoms with Crippen LogP contribution in [0.2, 0.25) is 0 Å². The van der Waals surface area contributed by atoms with E-state index in [0.29, 0.717) is 17.9 Å². The topological polar surface area (TPSA) is 48.6 Å². The number of anilines is 1. The average molecular weight is 367 g/mol. The molecule has 4 rings (SSSR count). The molecule has 5 nitrogen and oxygen atoms in total. The summed E-state index contributed by atoms with van der Waals surface area (Å²) in [7, 11) is 1.62. The van der Waals surface area contributed by atoms with E-state index in [1.807, 2.05) is 18.2 Å². The number of hydrogen-bond donors (Lipinski definition) is 1. The fraction of sp³-hybridized carbons (Fsp3) is 0.286. The van der Waals surface area contributed by atoms with Crippen molar-refractivity contribution in [2.24, 2.45) is 0 Å². The molecule has 1 aliphatic rings. The minimum absolute atomic E-state index is 0.0842.